The molecule has 31 heavy (non-hydrogen) atoms. The summed E-state index contributed by atoms with van der Waals surface area (Å²) >= 11 is 0. The van der Waals surface area contributed by atoms with Crippen LogP contribution in [0.25, 0.3) is 0 Å². The molecule has 0 radical (unpaired) electrons. The highest BCUT2D eigenvalue weighted by Crippen LogP contribution is 2.25. The molecule has 0 atom stereocenters. The van der Waals surface area contributed by atoms with Gasteiger partial charge in [-0.05, 0) is 50.3 Å². The summed E-state index contributed by atoms with van der Waals surface area (Å²) in [6.45, 7) is 5.78. The fraction of sp³-hybridized carbons (Fsp3) is 0.538. The number of rotatable bonds is 10. The van der Waals surface area contributed by atoms with Gasteiger partial charge >= 0.3 is 0 Å². The molecule has 0 spiro atoms. The third kappa shape index (κ3) is 6.98. The van der Waals surface area contributed by atoms with Crippen LogP contribution in [0, 0.1) is 12.8 Å². The van der Waals surface area contributed by atoms with E-state index < -0.39 is 0 Å². The van der Waals surface area contributed by atoms with Crippen molar-refractivity contribution in [1.29, 1.82) is 0 Å². The summed E-state index contributed by atoms with van der Waals surface area (Å²) in [5.74, 6) is 1.85. The Kier molecular flexibility index (Phi) is 8.74. The Morgan fingerprint density at radius 1 is 0.968 bits per heavy atom. The number of nitrogens with zero attached hydrogens (tertiary/aromatic N) is 2. The highest BCUT2D eigenvalue weighted by Gasteiger charge is 2.28. The number of hydrogen-bond donors (Lipinski definition) is 0. The van der Waals surface area contributed by atoms with Crippen molar-refractivity contribution in [2.75, 3.05) is 19.6 Å². The lowest BCUT2D eigenvalue weighted by Gasteiger charge is -2.31. The van der Waals surface area contributed by atoms with E-state index in [9.17, 15) is 9.59 Å². The Morgan fingerprint density at radius 2 is 1.71 bits per heavy atom. The van der Waals surface area contributed by atoms with E-state index in [2.05, 4.69) is 19.1 Å². The Bertz CT molecular complexity index is 824. The smallest absolute Gasteiger partial charge is 0.242 e. The van der Waals surface area contributed by atoms with Gasteiger partial charge in [0.25, 0.3) is 0 Å². The Hall–Kier alpha value is -2.56. The first kappa shape index (κ1) is 23.1. The third-order valence-corrected chi connectivity index (χ3v) is 6.09. The molecule has 5 nitrogen and oxygen atoms in total. The van der Waals surface area contributed by atoms with Gasteiger partial charge in [-0.25, -0.2) is 0 Å². The van der Waals surface area contributed by atoms with Crippen molar-refractivity contribution in [2.45, 2.75) is 65.3 Å². The van der Waals surface area contributed by atoms with E-state index in [1.54, 1.807) is 4.90 Å². The number of carbonyl (C=O) groups is 2. The Labute approximate surface area is 186 Å². The minimum absolute atomic E-state index is 0.0115. The predicted molar refractivity (Wildman–Crippen MR) is 122 cm³/mol. The summed E-state index contributed by atoms with van der Waals surface area (Å²) in [6.07, 6.45) is 6.99. The second-order valence-corrected chi connectivity index (χ2v) is 8.66. The van der Waals surface area contributed by atoms with Gasteiger partial charge in [0, 0.05) is 19.0 Å². The molecule has 0 unspecified atom stereocenters. The predicted octanol–water partition coefficient (Wildman–Crippen LogP) is 4.98. The molecule has 1 heterocycles. The van der Waals surface area contributed by atoms with Gasteiger partial charge in [0.2, 0.25) is 11.8 Å². The molecule has 3 rings (SSSR count). The molecule has 168 valence electrons. The lowest BCUT2D eigenvalue weighted by Crippen LogP contribution is -2.45. The highest BCUT2D eigenvalue weighted by atomic mass is 16.3. The first-order chi connectivity index (χ1) is 15.1. The second-order valence-electron chi connectivity index (χ2n) is 8.66. The second kappa shape index (κ2) is 11.7. The van der Waals surface area contributed by atoms with Crippen molar-refractivity contribution in [1.82, 2.24) is 9.80 Å². The fourth-order valence-electron chi connectivity index (χ4n) is 4.37. The Morgan fingerprint density at radius 3 is 2.35 bits per heavy atom. The molecule has 1 aliphatic carbocycles. The molecule has 1 fully saturated rings. The topological polar surface area (TPSA) is 53.8 Å². The van der Waals surface area contributed by atoms with Crippen molar-refractivity contribution in [3.8, 4) is 0 Å². The molecule has 5 heteroatoms. The van der Waals surface area contributed by atoms with E-state index in [4.69, 9.17) is 4.42 Å². The van der Waals surface area contributed by atoms with Crippen LogP contribution in [-0.4, -0.2) is 41.2 Å². The summed E-state index contributed by atoms with van der Waals surface area (Å²) in [5.41, 5.74) is 1.19. The Balaban J connectivity index is 1.68. The van der Waals surface area contributed by atoms with Crippen molar-refractivity contribution >= 4 is 11.8 Å². The molecule has 0 N–H and O–H groups in total. The first-order valence-electron chi connectivity index (χ1n) is 11.7. The molecule has 0 bridgehead atoms. The average molecular weight is 425 g/mol. The molecular weight excluding hydrogens is 388 g/mol. The highest BCUT2D eigenvalue weighted by molar-refractivity contribution is 5.86. The van der Waals surface area contributed by atoms with Gasteiger partial charge in [-0.3, -0.25) is 9.59 Å². The lowest BCUT2D eigenvalue weighted by molar-refractivity contribution is -0.144. The molecule has 0 saturated heterocycles. The van der Waals surface area contributed by atoms with Gasteiger partial charge < -0.3 is 14.2 Å². The van der Waals surface area contributed by atoms with Crippen LogP contribution in [0.1, 0.15) is 62.5 Å². The number of amides is 2. The normalized spacial score (nSPS) is 14.4. The number of hydrogen-bond acceptors (Lipinski definition) is 3. The molecule has 1 aromatic carbocycles. The molecule has 1 aromatic heterocycles. The zero-order chi connectivity index (χ0) is 22.1. The fourth-order valence-corrected chi connectivity index (χ4v) is 4.37. The first-order valence-corrected chi connectivity index (χ1v) is 11.7. The largest absolute Gasteiger partial charge is 0.464 e. The zero-order valence-electron chi connectivity index (χ0n) is 19.0. The van der Waals surface area contributed by atoms with Gasteiger partial charge in [0.1, 0.15) is 11.5 Å². The molecular formula is C26H36N2O3. The number of furan rings is 1. The van der Waals surface area contributed by atoms with E-state index in [1.165, 1.54) is 12.0 Å². The number of carbonyl (C=O) groups excluding carboxylic acids is 2. The summed E-state index contributed by atoms with van der Waals surface area (Å²) in [4.78, 5) is 30.1. The van der Waals surface area contributed by atoms with E-state index in [0.29, 0.717) is 19.6 Å². The molecule has 2 aromatic rings. The van der Waals surface area contributed by atoms with Crippen LogP contribution in [0.4, 0.5) is 0 Å². The maximum atomic E-state index is 13.3. The number of aryl methyl sites for hydroxylation is 1. The molecule has 2 amide bonds. The van der Waals surface area contributed by atoms with Crippen molar-refractivity contribution in [2.24, 2.45) is 5.92 Å². The van der Waals surface area contributed by atoms with Crippen molar-refractivity contribution in [3.63, 3.8) is 0 Å². The van der Waals surface area contributed by atoms with E-state index in [1.807, 2.05) is 42.2 Å². The minimum Gasteiger partial charge on any atom is -0.464 e. The van der Waals surface area contributed by atoms with Gasteiger partial charge in [0.05, 0.1) is 13.1 Å². The van der Waals surface area contributed by atoms with Crippen LogP contribution in [0.3, 0.4) is 0 Å². The lowest BCUT2D eigenvalue weighted by atomic mass is 9.88. The van der Waals surface area contributed by atoms with Gasteiger partial charge in [-0.1, -0.05) is 56.5 Å². The molecule has 1 saturated carbocycles. The van der Waals surface area contributed by atoms with E-state index in [0.717, 1.165) is 50.0 Å². The minimum atomic E-state index is -0.0115. The maximum Gasteiger partial charge on any atom is 0.242 e. The van der Waals surface area contributed by atoms with Crippen LogP contribution in [0.5, 0.6) is 0 Å². The van der Waals surface area contributed by atoms with Crippen LogP contribution in [0.15, 0.2) is 46.9 Å². The summed E-state index contributed by atoms with van der Waals surface area (Å²) in [5, 5.41) is 0. The van der Waals surface area contributed by atoms with Gasteiger partial charge in [-0.15, -0.1) is 0 Å². The van der Waals surface area contributed by atoms with Gasteiger partial charge in [0.15, 0.2) is 0 Å². The van der Waals surface area contributed by atoms with E-state index in [-0.39, 0.29) is 24.3 Å². The SMILES string of the molecule is CCCN(CC(=O)N(CCc1ccccc1)Cc1ccc(C)o1)C(=O)C1CCCCC1. The quantitative estimate of drug-likeness (QED) is 0.541. The summed E-state index contributed by atoms with van der Waals surface area (Å²) in [6, 6.07) is 14.0. The molecule has 0 aliphatic heterocycles. The summed E-state index contributed by atoms with van der Waals surface area (Å²) < 4.78 is 5.74. The molecule has 1 aliphatic rings. The number of benzene rings is 1. The van der Waals surface area contributed by atoms with Crippen LogP contribution < -0.4 is 0 Å². The summed E-state index contributed by atoms with van der Waals surface area (Å²) in [7, 11) is 0. The average Bonchev–Trinajstić information content (AvgIpc) is 3.21. The van der Waals surface area contributed by atoms with Crippen LogP contribution in [0.2, 0.25) is 0 Å². The monoisotopic (exact) mass is 424 g/mol. The van der Waals surface area contributed by atoms with Crippen molar-refractivity contribution < 1.29 is 14.0 Å². The van der Waals surface area contributed by atoms with Gasteiger partial charge in [-0.2, -0.15) is 0 Å². The maximum absolute atomic E-state index is 13.3. The van der Waals surface area contributed by atoms with Crippen molar-refractivity contribution in [3.05, 3.63) is 59.5 Å². The van der Waals surface area contributed by atoms with Crippen LogP contribution >= 0.6 is 0 Å². The van der Waals surface area contributed by atoms with Crippen LogP contribution in [-0.2, 0) is 22.6 Å². The third-order valence-electron chi connectivity index (χ3n) is 6.09. The van der Waals surface area contributed by atoms with E-state index >= 15 is 0 Å². The standard InChI is InChI=1S/C26H36N2O3/c1-3-17-28(26(30)23-12-8-5-9-13-23)20-25(29)27(19-24-15-14-21(2)31-24)18-16-22-10-6-4-7-11-22/h4,6-7,10-11,14-15,23H,3,5,8-9,12-13,16-20H2,1-2H3. The zero-order valence-corrected chi connectivity index (χ0v) is 19.0.